The second-order valence-electron chi connectivity index (χ2n) is 20.3. The Labute approximate surface area is 397 Å². The van der Waals surface area contributed by atoms with Gasteiger partial charge in [0.2, 0.25) is 0 Å². The minimum Gasteiger partial charge on any atom is -0.756 e. The van der Waals surface area contributed by atoms with Crippen molar-refractivity contribution in [2.75, 3.05) is 47.5 Å². The number of rotatable bonds is 52. The molecule has 0 aliphatic carbocycles. The number of phosphoric acid groups is 1. The Balaban J connectivity index is 4.13. The first-order valence-electron chi connectivity index (χ1n) is 27.7. The molecule has 0 aromatic heterocycles. The highest BCUT2D eigenvalue weighted by atomic mass is 31.2. The van der Waals surface area contributed by atoms with Crippen LogP contribution in [-0.2, 0) is 32.7 Å². The summed E-state index contributed by atoms with van der Waals surface area (Å²) in [5.41, 5.74) is 0. The van der Waals surface area contributed by atoms with Crippen molar-refractivity contribution in [1.82, 2.24) is 0 Å². The fourth-order valence-corrected chi connectivity index (χ4v) is 9.03. The van der Waals surface area contributed by atoms with Gasteiger partial charge in [0.15, 0.2) is 6.10 Å². The van der Waals surface area contributed by atoms with Crippen molar-refractivity contribution in [1.29, 1.82) is 0 Å². The lowest BCUT2D eigenvalue weighted by Gasteiger charge is -2.28. The van der Waals surface area contributed by atoms with E-state index in [2.05, 4.69) is 13.8 Å². The Morgan fingerprint density at radius 2 is 0.703 bits per heavy atom. The summed E-state index contributed by atoms with van der Waals surface area (Å²) in [5, 5.41) is 0. The van der Waals surface area contributed by atoms with Crippen LogP contribution in [0.15, 0.2) is 0 Å². The summed E-state index contributed by atoms with van der Waals surface area (Å²) in [6.45, 7) is 4.30. The first-order valence-corrected chi connectivity index (χ1v) is 29.2. The third kappa shape index (κ3) is 50.4. The van der Waals surface area contributed by atoms with E-state index in [0.717, 1.165) is 32.1 Å². The van der Waals surface area contributed by atoms with Gasteiger partial charge in [0, 0.05) is 12.8 Å². The third-order valence-corrected chi connectivity index (χ3v) is 13.6. The van der Waals surface area contributed by atoms with Crippen LogP contribution in [0.5, 0.6) is 0 Å². The van der Waals surface area contributed by atoms with Gasteiger partial charge in [-0.2, -0.15) is 0 Å². The van der Waals surface area contributed by atoms with Gasteiger partial charge < -0.3 is 27.9 Å². The van der Waals surface area contributed by atoms with E-state index >= 15 is 0 Å². The minimum atomic E-state index is -4.62. The lowest BCUT2D eigenvalue weighted by Crippen LogP contribution is -2.37. The summed E-state index contributed by atoms with van der Waals surface area (Å²) >= 11 is 0. The zero-order chi connectivity index (χ0) is 47.1. The Morgan fingerprint density at radius 1 is 0.422 bits per heavy atom. The highest BCUT2D eigenvalue weighted by Gasteiger charge is 2.22. The minimum absolute atomic E-state index is 0.0252. The molecular weight excluding hydrogens is 822 g/mol. The molecule has 10 heteroatoms. The molecule has 0 amide bonds. The summed E-state index contributed by atoms with van der Waals surface area (Å²) in [6.07, 6.45) is 51.4. The van der Waals surface area contributed by atoms with Gasteiger partial charge >= 0.3 is 11.9 Å². The largest absolute Gasteiger partial charge is 0.756 e. The number of esters is 2. The van der Waals surface area contributed by atoms with Crippen LogP contribution in [0.1, 0.15) is 284 Å². The topological polar surface area (TPSA) is 111 Å². The van der Waals surface area contributed by atoms with Crippen molar-refractivity contribution in [3.8, 4) is 0 Å². The number of phosphoric ester groups is 1. The molecule has 0 saturated heterocycles. The SMILES string of the molecule is CCCCCCCCCCCCCCCCCCCCCCCCCC(=O)OC(COC(=O)CCCCCCCCCCCCCCCCCCC)COP(=O)([O-])OCC[N+](C)(C)C. The van der Waals surface area contributed by atoms with Gasteiger partial charge in [-0.05, 0) is 12.8 Å². The standard InChI is InChI=1S/C54H108NO8P/c1-6-8-10-12-14-16-18-20-22-24-25-26-27-28-29-31-33-35-37-39-41-43-45-47-54(57)63-52(51-62-64(58,59)61-49-48-55(3,4)5)50-60-53(56)46-44-42-40-38-36-34-32-30-23-21-19-17-15-13-11-9-7-2/h52H,6-51H2,1-5H3. The molecule has 0 saturated carbocycles. The number of quaternary nitrogens is 1. The second-order valence-corrected chi connectivity index (χ2v) is 21.7. The fraction of sp³-hybridized carbons (Fsp3) is 0.963. The fourth-order valence-electron chi connectivity index (χ4n) is 8.31. The zero-order valence-corrected chi connectivity index (χ0v) is 44.2. The number of ether oxygens (including phenoxy) is 2. The van der Waals surface area contributed by atoms with Crippen LogP contribution in [0, 0.1) is 0 Å². The number of carbonyl (C=O) groups is 2. The molecule has 0 aliphatic heterocycles. The zero-order valence-electron chi connectivity index (χ0n) is 43.3. The molecule has 0 rings (SSSR count). The number of unbranched alkanes of at least 4 members (excludes halogenated alkanes) is 38. The molecule has 382 valence electrons. The average Bonchev–Trinajstić information content (AvgIpc) is 3.25. The second kappa shape index (κ2) is 47.1. The van der Waals surface area contributed by atoms with Gasteiger partial charge in [-0.3, -0.25) is 14.2 Å². The first kappa shape index (κ1) is 63.0. The van der Waals surface area contributed by atoms with Gasteiger partial charge in [0.05, 0.1) is 27.7 Å². The number of hydrogen-bond acceptors (Lipinski definition) is 8. The van der Waals surface area contributed by atoms with E-state index in [9.17, 15) is 19.0 Å². The maximum atomic E-state index is 12.8. The van der Waals surface area contributed by atoms with Crippen LogP contribution >= 0.6 is 7.82 Å². The molecule has 0 heterocycles. The average molecular weight is 930 g/mol. The van der Waals surface area contributed by atoms with Crippen LogP contribution in [0.2, 0.25) is 0 Å². The van der Waals surface area contributed by atoms with Crippen LogP contribution in [0.3, 0.4) is 0 Å². The quantitative estimate of drug-likeness (QED) is 0.0257. The van der Waals surface area contributed by atoms with E-state index in [1.54, 1.807) is 0 Å². The number of likely N-dealkylation sites (N-methyl/N-ethyl adjacent to an activating group) is 1. The number of hydrogen-bond donors (Lipinski definition) is 0. The molecule has 2 atom stereocenters. The summed E-state index contributed by atoms with van der Waals surface area (Å²) in [5.74, 6) is -0.811. The van der Waals surface area contributed by atoms with Crippen molar-refractivity contribution in [3.63, 3.8) is 0 Å². The maximum Gasteiger partial charge on any atom is 0.306 e. The molecule has 0 aromatic rings. The van der Waals surface area contributed by atoms with Crippen molar-refractivity contribution < 1.29 is 42.1 Å². The van der Waals surface area contributed by atoms with Crippen molar-refractivity contribution in [2.24, 2.45) is 0 Å². The summed E-state index contributed by atoms with van der Waals surface area (Å²) in [6, 6.07) is 0. The molecular formula is C54H108NO8P. The molecule has 9 nitrogen and oxygen atoms in total. The highest BCUT2D eigenvalue weighted by molar-refractivity contribution is 7.45. The van der Waals surface area contributed by atoms with Gasteiger partial charge in [-0.1, -0.05) is 258 Å². The van der Waals surface area contributed by atoms with Crippen LogP contribution in [0.25, 0.3) is 0 Å². The number of carbonyl (C=O) groups excluding carboxylic acids is 2. The van der Waals surface area contributed by atoms with Crippen LogP contribution < -0.4 is 4.89 Å². The molecule has 0 bridgehead atoms. The third-order valence-electron chi connectivity index (χ3n) is 12.6. The van der Waals surface area contributed by atoms with E-state index in [4.69, 9.17) is 18.5 Å². The number of nitrogens with zero attached hydrogens (tertiary/aromatic N) is 1. The molecule has 0 spiro atoms. The maximum absolute atomic E-state index is 12.8. The lowest BCUT2D eigenvalue weighted by molar-refractivity contribution is -0.870. The summed E-state index contributed by atoms with van der Waals surface area (Å²) in [7, 11) is 1.19. The van der Waals surface area contributed by atoms with E-state index in [-0.39, 0.29) is 32.0 Å². The molecule has 0 aliphatic rings. The van der Waals surface area contributed by atoms with Crippen LogP contribution in [0.4, 0.5) is 0 Å². The van der Waals surface area contributed by atoms with Gasteiger partial charge in [-0.25, -0.2) is 0 Å². The Morgan fingerprint density at radius 3 is 1.00 bits per heavy atom. The van der Waals surface area contributed by atoms with Gasteiger partial charge in [0.1, 0.15) is 19.8 Å². The first-order chi connectivity index (χ1) is 31.0. The smallest absolute Gasteiger partial charge is 0.306 e. The van der Waals surface area contributed by atoms with E-state index in [1.165, 1.54) is 218 Å². The van der Waals surface area contributed by atoms with Gasteiger partial charge in [0.25, 0.3) is 7.82 Å². The molecule has 0 aromatic carbocycles. The van der Waals surface area contributed by atoms with Crippen LogP contribution in [-0.4, -0.2) is 70.0 Å². The Bertz CT molecular complexity index is 1050. The highest BCUT2D eigenvalue weighted by Crippen LogP contribution is 2.38. The molecule has 0 radical (unpaired) electrons. The Hall–Kier alpha value is -0.990. The molecule has 0 fully saturated rings. The molecule has 64 heavy (non-hydrogen) atoms. The van der Waals surface area contributed by atoms with E-state index in [0.29, 0.717) is 17.4 Å². The predicted molar refractivity (Wildman–Crippen MR) is 269 cm³/mol. The lowest BCUT2D eigenvalue weighted by atomic mass is 10.0. The van der Waals surface area contributed by atoms with Crippen molar-refractivity contribution in [2.45, 2.75) is 290 Å². The summed E-state index contributed by atoms with van der Waals surface area (Å²) < 4.78 is 34.1. The monoisotopic (exact) mass is 930 g/mol. The van der Waals surface area contributed by atoms with Gasteiger partial charge in [-0.15, -0.1) is 0 Å². The van der Waals surface area contributed by atoms with Crippen molar-refractivity contribution >= 4 is 19.8 Å². The van der Waals surface area contributed by atoms with E-state index in [1.807, 2.05) is 21.1 Å². The molecule has 2 unspecified atom stereocenters. The van der Waals surface area contributed by atoms with Crippen molar-refractivity contribution in [3.05, 3.63) is 0 Å². The summed E-state index contributed by atoms with van der Waals surface area (Å²) in [4.78, 5) is 37.8. The Kier molecular flexibility index (Phi) is 46.4. The molecule has 0 N–H and O–H groups in total. The predicted octanol–water partition coefficient (Wildman–Crippen LogP) is 16.1. The van der Waals surface area contributed by atoms with E-state index < -0.39 is 26.5 Å². The normalized spacial score (nSPS) is 13.3.